The average Bonchev–Trinajstić information content (AvgIpc) is 2.74. The Labute approximate surface area is 188 Å². The Hall–Kier alpha value is -2.94. The number of benzene rings is 3. The number of nitro groups is 1. The third-order valence-electron chi connectivity index (χ3n) is 4.45. The molecule has 1 amide bonds. The van der Waals surface area contributed by atoms with Gasteiger partial charge in [0.25, 0.3) is 11.6 Å². The number of nitrogens with zero attached hydrogens (tertiary/aromatic N) is 1. The smallest absolute Gasteiger partial charge is 0.289 e. The fourth-order valence-electron chi connectivity index (χ4n) is 2.90. The molecule has 0 aliphatic heterocycles. The van der Waals surface area contributed by atoms with Gasteiger partial charge in [-0.05, 0) is 48.4 Å². The predicted octanol–water partition coefficient (Wildman–Crippen LogP) is 4.71. The number of carbonyl (C=O) groups is 1. The molecule has 0 radical (unpaired) electrons. The van der Waals surface area contributed by atoms with Gasteiger partial charge in [0.2, 0.25) is 9.84 Å². The van der Waals surface area contributed by atoms with Gasteiger partial charge >= 0.3 is 0 Å². The maximum absolute atomic E-state index is 12.9. The van der Waals surface area contributed by atoms with Crippen LogP contribution in [-0.2, 0) is 16.3 Å². The number of nitrogens with one attached hydrogen (secondary N) is 1. The topological polar surface area (TPSA) is 106 Å². The van der Waals surface area contributed by atoms with Crippen LogP contribution in [0.1, 0.15) is 15.9 Å². The van der Waals surface area contributed by atoms with Crippen molar-refractivity contribution in [1.82, 2.24) is 5.32 Å². The normalized spacial score (nSPS) is 11.2. The van der Waals surface area contributed by atoms with Crippen LogP contribution in [0.25, 0.3) is 0 Å². The van der Waals surface area contributed by atoms with E-state index in [4.69, 9.17) is 23.2 Å². The largest absolute Gasteiger partial charge is 0.352 e. The number of halogens is 2. The van der Waals surface area contributed by atoms with E-state index in [2.05, 4.69) is 5.32 Å². The highest BCUT2D eigenvalue weighted by molar-refractivity contribution is 7.91. The van der Waals surface area contributed by atoms with Gasteiger partial charge in [-0.25, -0.2) is 8.42 Å². The number of carbonyl (C=O) groups excluding carboxylic acids is 1. The van der Waals surface area contributed by atoms with Crippen LogP contribution in [-0.4, -0.2) is 25.8 Å². The molecule has 0 aliphatic carbocycles. The SMILES string of the molecule is O=C(NCCc1ccccc1Cl)c1ccc(S(=O)(=O)c2cccc(Cl)c2)c([N+](=O)[O-])c1. The van der Waals surface area contributed by atoms with Crippen LogP contribution >= 0.6 is 23.2 Å². The van der Waals surface area contributed by atoms with Crippen LogP contribution in [0.15, 0.2) is 76.5 Å². The minimum absolute atomic E-state index is 0.0316. The fraction of sp³-hybridized carbons (Fsp3) is 0.0952. The third kappa shape index (κ3) is 5.22. The zero-order valence-corrected chi connectivity index (χ0v) is 18.2. The summed E-state index contributed by atoms with van der Waals surface area (Å²) in [5, 5.41) is 14.9. The fourth-order valence-corrected chi connectivity index (χ4v) is 4.84. The van der Waals surface area contributed by atoms with Crippen LogP contribution in [0.2, 0.25) is 10.0 Å². The molecule has 10 heteroatoms. The quantitative estimate of drug-likeness (QED) is 0.390. The Kier molecular flexibility index (Phi) is 6.94. The first-order valence-electron chi connectivity index (χ1n) is 9.01. The minimum atomic E-state index is -4.21. The van der Waals surface area contributed by atoms with E-state index in [9.17, 15) is 23.3 Å². The van der Waals surface area contributed by atoms with E-state index >= 15 is 0 Å². The van der Waals surface area contributed by atoms with Crippen LogP contribution in [0, 0.1) is 10.1 Å². The number of hydrogen-bond acceptors (Lipinski definition) is 5. The number of rotatable bonds is 7. The Balaban J connectivity index is 1.84. The van der Waals surface area contributed by atoms with Gasteiger partial charge in [-0.15, -0.1) is 0 Å². The van der Waals surface area contributed by atoms with E-state index in [1.54, 1.807) is 12.1 Å². The molecular formula is C21H16Cl2N2O5S. The van der Waals surface area contributed by atoms with Crippen molar-refractivity contribution < 1.29 is 18.1 Å². The zero-order chi connectivity index (χ0) is 22.6. The lowest BCUT2D eigenvalue weighted by molar-refractivity contribution is -0.387. The molecule has 0 aliphatic rings. The average molecular weight is 479 g/mol. The van der Waals surface area contributed by atoms with Crippen molar-refractivity contribution in [3.8, 4) is 0 Å². The van der Waals surface area contributed by atoms with Crippen molar-refractivity contribution in [1.29, 1.82) is 0 Å². The van der Waals surface area contributed by atoms with Gasteiger partial charge < -0.3 is 5.32 Å². The van der Waals surface area contributed by atoms with Crippen LogP contribution < -0.4 is 5.32 Å². The number of sulfone groups is 1. The summed E-state index contributed by atoms with van der Waals surface area (Å²) in [5.74, 6) is -0.568. The standard InChI is InChI=1S/C21H16Cl2N2O5S/c22-16-5-3-6-17(13-16)31(29,30)20-9-8-15(12-19(20)25(27)28)21(26)24-11-10-14-4-1-2-7-18(14)23/h1-9,12-13H,10-11H2,(H,24,26). The summed E-state index contributed by atoms with van der Waals surface area (Å²) in [5.41, 5.74) is 0.119. The molecule has 7 nitrogen and oxygen atoms in total. The van der Waals surface area contributed by atoms with Crippen LogP contribution in [0.5, 0.6) is 0 Å². The molecule has 0 spiro atoms. The second kappa shape index (κ2) is 9.47. The first kappa shape index (κ1) is 22.7. The molecule has 0 heterocycles. The molecule has 0 saturated heterocycles. The summed E-state index contributed by atoms with van der Waals surface area (Å²) < 4.78 is 25.8. The number of nitro benzene ring substituents is 1. The summed E-state index contributed by atoms with van der Waals surface area (Å²) in [6.07, 6.45) is 0.467. The van der Waals surface area contributed by atoms with E-state index in [0.29, 0.717) is 11.4 Å². The van der Waals surface area contributed by atoms with E-state index in [1.807, 2.05) is 12.1 Å². The predicted molar refractivity (Wildman–Crippen MR) is 117 cm³/mol. The summed E-state index contributed by atoms with van der Waals surface area (Å²) in [6, 6.07) is 15.8. The zero-order valence-electron chi connectivity index (χ0n) is 15.9. The number of amides is 1. The Morgan fingerprint density at radius 2 is 1.74 bits per heavy atom. The maximum Gasteiger partial charge on any atom is 0.289 e. The second-order valence-electron chi connectivity index (χ2n) is 6.50. The second-order valence-corrected chi connectivity index (χ2v) is 9.26. The molecule has 0 atom stereocenters. The highest BCUT2D eigenvalue weighted by Gasteiger charge is 2.29. The summed E-state index contributed by atoms with van der Waals surface area (Å²) >= 11 is 11.9. The monoisotopic (exact) mass is 478 g/mol. The molecule has 3 aromatic carbocycles. The van der Waals surface area contributed by atoms with Crippen molar-refractivity contribution >= 4 is 44.6 Å². The van der Waals surface area contributed by atoms with Gasteiger partial charge in [-0.1, -0.05) is 47.5 Å². The van der Waals surface area contributed by atoms with Gasteiger partial charge in [-0.3, -0.25) is 14.9 Å². The van der Waals surface area contributed by atoms with Gasteiger partial charge in [0.05, 0.1) is 9.82 Å². The lowest BCUT2D eigenvalue weighted by atomic mass is 10.1. The summed E-state index contributed by atoms with van der Waals surface area (Å²) in [7, 11) is -4.21. The van der Waals surface area contributed by atoms with Crippen LogP contribution in [0.4, 0.5) is 5.69 Å². The Morgan fingerprint density at radius 1 is 1.00 bits per heavy atom. The lowest BCUT2D eigenvalue weighted by Crippen LogP contribution is -2.26. The Morgan fingerprint density at radius 3 is 2.42 bits per heavy atom. The maximum atomic E-state index is 12.9. The first-order valence-corrected chi connectivity index (χ1v) is 11.2. The lowest BCUT2D eigenvalue weighted by Gasteiger charge is -2.09. The minimum Gasteiger partial charge on any atom is -0.352 e. The highest BCUT2D eigenvalue weighted by Crippen LogP contribution is 2.31. The van der Waals surface area contributed by atoms with Crippen LogP contribution in [0.3, 0.4) is 0 Å². The summed E-state index contributed by atoms with van der Waals surface area (Å²) in [4.78, 5) is 22.4. The molecule has 31 heavy (non-hydrogen) atoms. The molecule has 0 saturated carbocycles. The van der Waals surface area contributed by atoms with Gasteiger partial charge in [0.15, 0.2) is 0 Å². The molecule has 3 aromatic rings. The summed E-state index contributed by atoms with van der Waals surface area (Å²) in [6.45, 7) is 0.249. The molecule has 160 valence electrons. The Bertz CT molecular complexity index is 1260. The van der Waals surface area contributed by atoms with Gasteiger partial charge in [0.1, 0.15) is 4.90 Å². The van der Waals surface area contributed by atoms with E-state index in [1.165, 1.54) is 30.3 Å². The van der Waals surface area contributed by atoms with Crippen molar-refractivity contribution in [3.05, 3.63) is 98.0 Å². The van der Waals surface area contributed by atoms with Crippen molar-refractivity contribution in [2.45, 2.75) is 16.2 Å². The highest BCUT2D eigenvalue weighted by atomic mass is 35.5. The molecule has 0 unspecified atom stereocenters. The molecular weight excluding hydrogens is 463 g/mol. The van der Waals surface area contributed by atoms with E-state index in [0.717, 1.165) is 17.7 Å². The van der Waals surface area contributed by atoms with E-state index < -0.39 is 31.3 Å². The molecule has 1 N–H and O–H groups in total. The van der Waals surface area contributed by atoms with E-state index in [-0.39, 0.29) is 22.0 Å². The molecule has 0 bridgehead atoms. The third-order valence-corrected chi connectivity index (χ3v) is 6.85. The van der Waals surface area contributed by atoms with Crippen molar-refractivity contribution in [2.75, 3.05) is 6.54 Å². The van der Waals surface area contributed by atoms with Crippen molar-refractivity contribution in [2.24, 2.45) is 0 Å². The first-order chi connectivity index (χ1) is 14.7. The molecule has 0 fully saturated rings. The molecule has 3 rings (SSSR count). The van der Waals surface area contributed by atoms with Gasteiger partial charge in [-0.2, -0.15) is 0 Å². The van der Waals surface area contributed by atoms with Crippen molar-refractivity contribution in [3.63, 3.8) is 0 Å². The van der Waals surface area contributed by atoms with Gasteiger partial charge in [0, 0.05) is 28.2 Å². The molecule has 0 aromatic heterocycles. The number of hydrogen-bond donors (Lipinski definition) is 1.